The average molecular weight is 326 g/mol. The van der Waals surface area contributed by atoms with Gasteiger partial charge in [-0.1, -0.05) is 18.2 Å². The summed E-state index contributed by atoms with van der Waals surface area (Å²) in [4.78, 5) is 14.4. The highest BCUT2D eigenvalue weighted by Gasteiger charge is 2.47. The van der Waals surface area contributed by atoms with Gasteiger partial charge in [0.05, 0.1) is 5.56 Å². The van der Waals surface area contributed by atoms with Gasteiger partial charge in [-0.15, -0.1) is 0 Å². The second-order valence-electron chi connectivity index (χ2n) is 6.57. The molecule has 0 aromatic heterocycles. The molecule has 0 spiro atoms. The molecule has 126 valence electrons. The number of carbonyl (C=O) groups excluding carboxylic acids is 1. The molecule has 1 amide bonds. The van der Waals surface area contributed by atoms with Crippen molar-refractivity contribution in [3.63, 3.8) is 0 Å². The number of nitrogens with one attached hydrogen (secondary N) is 1. The third-order valence-electron chi connectivity index (χ3n) is 4.84. The van der Waals surface area contributed by atoms with Crippen LogP contribution in [-0.2, 0) is 11.0 Å². The van der Waals surface area contributed by atoms with Crippen LogP contribution < -0.4 is 5.32 Å². The number of nitrogens with zero attached hydrogens (tertiary/aromatic N) is 1. The number of alkyl halides is 3. The molecule has 1 saturated heterocycles. The molecule has 3 atom stereocenters. The summed E-state index contributed by atoms with van der Waals surface area (Å²) in [5.74, 6) is 0.376. The van der Waals surface area contributed by atoms with Crippen LogP contribution in [0.4, 0.5) is 13.2 Å². The van der Waals surface area contributed by atoms with Gasteiger partial charge in [0.15, 0.2) is 0 Å². The number of likely N-dealkylation sites (tertiary alicyclic amines) is 1. The highest BCUT2D eigenvalue weighted by molar-refractivity contribution is 5.83. The van der Waals surface area contributed by atoms with E-state index in [1.54, 1.807) is 6.07 Å². The van der Waals surface area contributed by atoms with Crippen LogP contribution >= 0.6 is 0 Å². The van der Waals surface area contributed by atoms with Gasteiger partial charge in [0.2, 0.25) is 5.91 Å². The molecule has 1 aromatic rings. The van der Waals surface area contributed by atoms with Crippen molar-refractivity contribution in [2.24, 2.45) is 11.8 Å². The first-order valence-corrected chi connectivity index (χ1v) is 8.00. The second-order valence-corrected chi connectivity index (χ2v) is 6.57. The van der Waals surface area contributed by atoms with Crippen LogP contribution in [0.25, 0.3) is 0 Å². The van der Waals surface area contributed by atoms with Crippen LogP contribution in [0, 0.1) is 11.8 Å². The van der Waals surface area contributed by atoms with E-state index in [4.69, 9.17) is 0 Å². The number of hydrogen-bond acceptors (Lipinski definition) is 2. The number of benzene rings is 1. The zero-order chi connectivity index (χ0) is 16.6. The van der Waals surface area contributed by atoms with E-state index in [1.807, 2.05) is 11.9 Å². The fourth-order valence-corrected chi connectivity index (χ4v) is 3.50. The van der Waals surface area contributed by atoms with Crippen LogP contribution in [-0.4, -0.2) is 37.5 Å². The summed E-state index contributed by atoms with van der Waals surface area (Å²) in [6.45, 7) is 2.41. The minimum absolute atomic E-state index is 0.0619. The molecule has 1 aromatic carbocycles. The van der Waals surface area contributed by atoms with Gasteiger partial charge in [0.1, 0.15) is 0 Å². The molecule has 1 aliphatic heterocycles. The fraction of sp³-hybridized carbons (Fsp3) is 0.588. The van der Waals surface area contributed by atoms with Gasteiger partial charge in [-0.3, -0.25) is 4.79 Å². The summed E-state index contributed by atoms with van der Waals surface area (Å²) in [6.07, 6.45) is -2.68. The van der Waals surface area contributed by atoms with Crippen LogP contribution in [0.1, 0.15) is 29.9 Å². The van der Waals surface area contributed by atoms with E-state index in [9.17, 15) is 18.0 Å². The third kappa shape index (κ3) is 3.52. The Kier molecular flexibility index (Phi) is 4.36. The molecule has 3 rings (SSSR count). The van der Waals surface area contributed by atoms with Crippen molar-refractivity contribution in [2.45, 2.75) is 24.9 Å². The summed E-state index contributed by atoms with van der Waals surface area (Å²) < 4.78 is 38.4. The lowest BCUT2D eigenvalue weighted by molar-refractivity contribution is -0.137. The Morgan fingerprint density at radius 2 is 2.17 bits per heavy atom. The normalized spacial score (nSPS) is 27.3. The van der Waals surface area contributed by atoms with E-state index in [2.05, 4.69) is 5.32 Å². The first-order valence-electron chi connectivity index (χ1n) is 8.00. The van der Waals surface area contributed by atoms with E-state index in [0.717, 1.165) is 32.1 Å². The number of rotatable bonds is 4. The number of hydrogen-bond donors (Lipinski definition) is 1. The van der Waals surface area contributed by atoms with Crippen molar-refractivity contribution >= 4 is 5.91 Å². The van der Waals surface area contributed by atoms with E-state index < -0.39 is 11.7 Å². The van der Waals surface area contributed by atoms with Gasteiger partial charge in [-0.05, 0) is 49.9 Å². The van der Waals surface area contributed by atoms with E-state index in [0.29, 0.717) is 17.9 Å². The van der Waals surface area contributed by atoms with Gasteiger partial charge in [-0.2, -0.15) is 13.2 Å². The maximum atomic E-state index is 12.8. The van der Waals surface area contributed by atoms with Gasteiger partial charge in [0, 0.05) is 19.0 Å². The Labute approximate surface area is 133 Å². The largest absolute Gasteiger partial charge is 0.416 e. The van der Waals surface area contributed by atoms with Crippen LogP contribution in [0.2, 0.25) is 0 Å². The van der Waals surface area contributed by atoms with E-state index in [-0.39, 0.29) is 17.7 Å². The molecule has 1 heterocycles. The van der Waals surface area contributed by atoms with Crippen molar-refractivity contribution in [3.8, 4) is 0 Å². The number of amides is 1. The fourth-order valence-electron chi connectivity index (χ4n) is 3.50. The standard InChI is InChI=1S/C17H21F3N2O/c1-21-9-11-5-6-22(10-11)16(23)15-8-14(15)12-3-2-4-13(7-12)17(18,19)20/h2-4,7,11,14-15,21H,5-6,8-10H2,1H3/t11-,14-,15+/m0/s1. The minimum Gasteiger partial charge on any atom is -0.342 e. The maximum absolute atomic E-state index is 12.8. The molecule has 23 heavy (non-hydrogen) atoms. The number of carbonyl (C=O) groups is 1. The van der Waals surface area contributed by atoms with Gasteiger partial charge >= 0.3 is 6.18 Å². The van der Waals surface area contributed by atoms with Crippen LogP contribution in [0.15, 0.2) is 24.3 Å². The molecule has 2 aliphatic rings. The monoisotopic (exact) mass is 326 g/mol. The van der Waals surface area contributed by atoms with Crippen LogP contribution in [0.5, 0.6) is 0 Å². The van der Waals surface area contributed by atoms with Crippen molar-refractivity contribution in [3.05, 3.63) is 35.4 Å². The van der Waals surface area contributed by atoms with E-state index >= 15 is 0 Å². The molecule has 1 aliphatic carbocycles. The van der Waals surface area contributed by atoms with Crippen molar-refractivity contribution in [1.82, 2.24) is 10.2 Å². The van der Waals surface area contributed by atoms with Gasteiger partial charge < -0.3 is 10.2 Å². The molecule has 1 N–H and O–H groups in total. The Hall–Kier alpha value is -1.56. The van der Waals surface area contributed by atoms with Gasteiger partial charge in [0.25, 0.3) is 0 Å². The summed E-state index contributed by atoms with van der Waals surface area (Å²) in [6, 6.07) is 5.38. The molecule has 0 bridgehead atoms. The molecular weight excluding hydrogens is 305 g/mol. The second kappa shape index (κ2) is 6.15. The average Bonchev–Trinajstić information content (AvgIpc) is 3.18. The summed E-state index contributed by atoms with van der Waals surface area (Å²) in [5, 5.41) is 3.12. The molecule has 1 saturated carbocycles. The molecule has 0 radical (unpaired) electrons. The van der Waals surface area contributed by atoms with Crippen molar-refractivity contribution in [2.75, 3.05) is 26.7 Å². The Bertz CT molecular complexity index is 587. The molecule has 0 unspecified atom stereocenters. The highest BCUT2D eigenvalue weighted by Crippen LogP contribution is 2.49. The Balaban J connectivity index is 1.62. The SMILES string of the molecule is CNC[C@@H]1CCN(C(=O)[C@@H]2C[C@H]2c2cccc(C(F)(F)F)c2)C1. The molecule has 3 nitrogen and oxygen atoms in total. The highest BCUT2D eigenvalue weighted by atomic mass is 19.4. The zero-order valence-electron chi connectivity index (χ0n) is 13.1. The Morgan fingerprint density at radius 1 is 1.39 bits per heavy atom. The van der Waals surface area contributed by atoms with Gasteiger partial charge in [-0.25, -0.2) is 0 Å². The minimum atomic E-state index is -4.33. The third-order valence-corrected chi connectivity index (χ3v) is 4.84. The predicted octanol–water partition coefficient (Wildman–Crippen LogP) is 2.88. The first-order chi connectivity index (χ1) is 10.9. The smallest absolute Gasteiger partial charge is 0.342 e. The summed E-state index contributed by atoms with van der Waals surface area (Å²) in [5.41, 5.74) is -0.00694. The lowest BCUT2D eigenvalue weighted by Gasteiger charge is -2.17. The van der Waals surface area contributed by atoms with Crippen molar-refractivity contribution < 1.29 is 18.0 Å². The predicted molar refractivity (Wildman–Crippen MR) is 80.9 cm³/mol. The van der Waals surface area contributed by atoms with Crippen LogP contribution in [0.3, 0.4) is 0 Å². The quantitative estimate of drug-likeness (QED) is 0.923. The Morgan fingerprint density at radius 3 is 2.87 bits per heavy atom. The van der Waals surface area contributed by atoms with Crippen molar-refractivity contribution in [1.29, 1.82) is 0 Å². The molecule has 6 heteroatoms. The summed E-state index contributed by atoms with van der Waals surface area (Å²) in [7, 11) is 1.90. The lowest BCUT2D eigenvalue weighted by atomic mass is 10.1. The topological polar surface area (TPSA) is 32.3 Å². The molecular formula is C17H21F3N2O. The number of halogens is 3. The summed E-state index contributed by atoms with van der Waals surface area (Å²) >= 11 is 0. The van der Waals surface area contributed by atoms with E-state index in [1.165, 1.54) is 12.1 Å². The maximum Gasteiger partial charge on any atom is 0.416 e. The lowest BCUT2D eigenvalue weighted by Crippen LogP contribution is -2.31. The molecule has 2 fully saturated rings. The zero-order valence-corrected chi connectivity index (χ0v) is 13.1. The first kappa shape index (κ1) is 16.3.